The maximum Gasteiger partial charge on any atom is 0.193 e. The van der Waals surface area contributed by atoms with Crippen LogP contribution >= 0.6 is 24.0 Å². The first-order chi connectivity index (χ1) is 12.5. The van der Waals surface area contributed by atoms with Gasteiger partial charge in [0.2, 0.25) is 0 Å². The molecule has 0 atom stereocenters. The summed E-state index contributed by atoms with van der Waals surface area (Å²) in [5.41, 5.74) is 3.78. The van der Waals surface area contributed by atoms with Crippen molar-refractivity contribution in [2.75, 3.05) is 35.3 Å². The monoisotopic (exact) mass is 482 g/mol. The van der Waals surface area contributed by atoms with E-state index in [9.17, 15) is 0 Å². The molecular formula is C21H31IN4O. The third kappa shape index (κ3) is 7.76. The topological polar surface area (TPSA) is 40.1 Å². The molecule has 148 valence electrons. The maximum atomic E-state index is 5.21. The SMILES string of the molecule is CN=C(NCc1cccc(CN(C)C)c1)N(C)Cc1ccc(OC)cc1.I. The van der Waals surface area contributed by atoms with Crippen molar-refractivity contribution >= 4 is 29.9 Å². The molecule has 0 bridgehead atoms. The minimum absolute atomic E-state index is 0. The van der Waals surface area contributed by atoms with E-state index in [2.05, 4.69) is 70.6 Å². The van der Waals surface area contributed by atoms with Crippen LogP contribution in [0.1, 0.15) is 16.7 Å². The Kier molecular flexibility index (Phi) is 10.2. The zero-order valence-corrected chi connectivity index (χ0v) is 19.2. The molecule has 27 heavy (non-hydrogen) atoms. The number of methoxy groups -OCH3 is 1. The molecular weight excluding hydrogens is 451 g/mol. The van der Waals surface area contributed by atoms with E-state index in [-0.39, 0.29) is 24.0 Å². The molecule has 5 nitrogen and oxygen atoms in total. The van der Waals surface area contributed by atoms with E-state index in [1.54, 1.807) is 7.11 Å². The third-order valence-electron chi connectivity index (χ3n) is 4.09. The van der Waals surface area contributed by atoms with Gasteiger partial charge in [-0.15, -0.1) is 24.0 Å². The van der Waals surface area contributed by atoms with Gasteiger partial charge >= 0.3 is 0 Å². The van der Waals surface area contributed by atoms with Crippen LogP contribution in [0.2, 0.25) is 0 Å². The summed E-state index contributed by atoms with van der Waals surface area (Å²) in [6, 6.07) is 16.8. The molecule has 0 aromatic heterocycles. The molecule has 6 heteroatoms. The van der Waals surface area contributed by atoms with Gasteiger partial charge in [0.05, 0.1) is 7.11 Å². The average molecular weight is 482 g/mol. The van der Waals surface area contributed by atoms with Gasteiger partial charge in [-0.2, -0.15) is 0 Å². The molecule has 0 radical (unpaired) electrons. The number of ether oxygens (including phenoxy) is 1. The summed E-state index contributed by atoms with van der Waals surface area (Å²) in [6.07, 6.45) is 0. The lowest BCUT2D eigenvalue weighted by molar-refractivity contribution is 0.402. The summed E-state index contributed by atoms with van der Waals surface area (Å²) in [4.78, 5) is 8.69. The molecule has 2 rings (SSSR count). The van der Waals surface area contributed by atoms with E-state index in [0.29, 0.717) is 0 Å². The van der Waals surface area contributed by atoms with Gasteiger partial charge < -0.3 is 19.9 Å². The van der Waals surface area contributed by atoms with Crippen LogP contribution in [0.15, 0.2) is 53.5 Å². The van der Waals surface area contributed by atoms with Crippen LogP contribution in [0.25, 0.3) is 0 Å². The van der Waals surface area contributed by atoms with Crippen molar-refractivity contribution in [1.29, 1.82) is 0 Å². The number of benzene rings is 2. The Morgan fingerprint density at radius 2 is 1.63 bits per heavy atom. The Morgan fingerprint density at radius 1 is 0.963 bits per heavy atom. The van der Waals surface area contributed by atoms with Crippen LogP contribution in [0.5, 0.6) is 5.75 Å². The van der Waals surface area contributed by atoms with E-state index in [1.165, 1.54) is 16.7 Å². The smallest absolute Gasteiger partial charge is 0.193 e. The van der Waals surface area contributed by atoms with Crippen LogP contribution < -0.4 is 10.1 Å². The van der Waals surface area contributed by atoms with Crippen molar-refractivity contribution in [3.05, 3.63) is 65.2 Å². The zero-order chi connectivity index (χ0) is 18.9. The number of nitrogens with zero attached hydrogens (tertiary/aromatic N) is 3. The summed E-state index contributed by atoms with van der Waals surface area (Å²) < 4.78 is 5.21. The summed E-state index contributed by atoms with van der Waals surface area (Å²) in [5.74, 6) is 1.75. The lowest BCUT2D eigenvalue weighted by Gasteiger charge is -2.22. The minimum atomic E-state index is 0. The summed E-state index contributed by atoms with van der Waals surface area (Å²) in [7, 11) is 9.71. The lowest BCUT2D eigenvalue weighted by Crippen LogP contribution is -2.38. The molecule has 2 aromatic carbocycles. The molecule has 0 amide bonds. The maximum absolute atomic E-state index is 5.21. The highest BCUT2D eigenvalue weighted by Gasteiger charge is 2.07. The average Bonchev–Trinajstić information content (AvgIpc) is 2.62. The second-order valence-electron chi connectivity index (χ2n) is 6.66. The lowest BCUT2D eigenvalue weighted by atomic mass is 10.1. The van der Waals surface area contributed by atoms with E-state index >= 15 is 0 Å². The molecule has 0 unspecified atom stereocenters. The molecule has 0 aliphatic heterocycles. The van der Waals surface area contributed by atoms with Crippen molar-refractivity contribution in [3.63, 3.8) is 0 Å². The van der Waals surface area contributed by atoms with Crippen molar-refractivity contribution in [1.82, 2.24) is 15.1 Å². The number of aliphatic imine (C=N–C) groups is 1. The van der Waals surface area contributed by atoms with Crippen molar-refractivity contribution in [3.8, 4) is 5.75 Å². The van der Waals surface area contributed by atoms with Crippen molar-refractivity contribution < 1.29 is 4.74 Å². The van der Waals surface area contributed by atoms with Crippen LogP contribution in [0.4, 0.5) is 0 Å². The van der Waals surface area contributed by atoms with Gasteiger partial charge in [0.25, 0.3) is 0 Å². The highest BCUT2D eigenvalue weighted by molar-refractivity contribution is 14.0. The molecule has 0 saturated heterocycles. The van der Waals surface area contributed by atoms with Gasteiger partial charge in [-0.05, 0) is 42.9 Å². The second kappa shape index (κ2) is 11.8. The predicted octanol–water partition coefficient (Wildman–Crippen LogP) is 3.58. The van der Waals surface area contributed by atoms with Gasteiger partial charge in [-0.3, -0.25) is 4.99 Å². The predicted molar refractivity (Wildman–Crippen MR) is 124 cm³/mol. The molecule has 0 aliphatic rings. The van der Waals surface area contributed by atoms with Crippen molar-refractivity contribution in [2.24, 2.45) is 4.99 Å². The Labute approximate surface area is 180 Å². The molecule has 0 spiro atoms. The van der Waals surface area contributed by atoms with Crippen molar-refractivity contribution in [2.45, 2.75) is 19.6 Å². The number of hydrogen-bond donors (Lipinski definition) is 1. The van der Waals surface area contributed by atoms with Gasteiger partial charge in [-0.1, -0.05) is 36.4 Å². The number of halogens is 1. The van der Waals surface area contributed by atoms with Crippen LogP contribution in [-0.4, -0.2) is 51.1 Å². The quantitative estimate of drug-likeness (QED) is 0.372. The van der Waals surface area contributed by atoms with Gasteiger partial charge in [0.15, 0.2) is 5.96 Å². The Balaban J connectivity index is 0.00000364. The third-order valence-corrected chi connectivity index (χ3v) is 4.09. The summed E-state index contributed by atoms with van der Waals surface area (Å²) in [5, 5.41) is 3.45. The molecule has 0 fully saturated rings. The summed E-state index contributed by atoms with van der Waals surface area (Å²) in [6.45, 7) is 2.48. The fourth-order valence-electron chi connectivity index (χ4n) is 2.85. The van der Waals surface area contributed by atoms with E-state index in [4.69, 9.17) is 4.74 Å². The fraction of sp³-hybridized carbons (Fsp3) is 0.381. The standard InChI is InChI=1S/C21H30N4O.HI/c1-22-21(25(4)16-17-9-11-20(26-5)12-10-17)23-14-18-7-6-8-19(13-18)15-24(2)3;/h6-13H,14-16H2,1-5H3,(H,22,23);1H. The largest absolute Gasteiger partial charge is 0.497 e. The Morgan fingerprint density at radius 3 is 2.22 bits per heavy atom. The van der Waals surface area contributed by atoms with Crippen LogP contribution in [0.3, 0.4) is 0 Å². The van der Waals surface area contributed by atoms with E-state index < -0.39 is 0 Å². The van der Waals surface area contributed by atoms with Crippen LogP contribution in [0, 0.1) is 0 Å². The highest BCUT2D eigenvalue weighted by atomic mass is 127. The summed E-state index contributed by atoms with van der Waals surface area (Å²) >= 11 is 0. The van der Waals surface area contributed by atoms with E-state index in [0.717, 1.165) is 31.3 Å². The molecule has 0 heterocycles. The first kappa shape index (κ1) is 23.2. The first-order valence-electron chi connectivity index (χ1n) is 8.79. The molecule has 0 saturated carbocycles. The highest BCUT2D eigenvalue weighted by Crippen LogP contribution is 2.13. The Bertz CT molecular complexity index is 716. The molecule has 0 aliphatic carbocycles. The van der Waals surface area contributed by atoms with Gasteiger partial charge in [0.1, 0.15) is 5.75 Å². The molecule has 2 aromatic rings. The number of hydrogen-bond acceptors (Lipinski definition) is 3. The fourth-order valence-corrected chi connectivity index (χ4v) is 2.85. The van der Waals surface area contributed by atoms with Gasteiger partial charge in [0, 0.05) is 33.7 Å². The zero-order valence-electron chi connectivity index (χ0n) is 16.9. The normalized spacial score (nSPS) is 11.1. The number of guanidine groups is 1. The molecule has 1 N–H and O–H groups in total. The number of rotatable bonds is 7. The van der Waals surface area contributed by atoms with Crippen LogP contribution in [-0.2, 0) is 19.6 Å². The number of nitrogens with one attached hydrogen (secondary N) is 1. The first-order valence-corrected chi connectivity index (χ1v) is 8.79. The van der Waals surface area contributed by atoms with E-state index in [1.807, 2.05) is 26.2 Å². The van der Waals surface area contributed by atoms with Gasteiger partial charge in [-0.25, -0.2) is 0 Å². The second-order valence-corrected chi connectivity index (χ2v) is 6.66. The Hall–Kier alpha value is -1.80. The minimum Gasteiger partial charge on any atom is -0.497 e.